The molecule has 1 unspecified atom stereocenters. The van der Waals surface area contributed by atoms with Gasteiger partial charge in [-0.05, 0) is 84.3 Å². The second-order valence-electron chi connectivity index (χ2n) is 12.0. The quantitative estimate of drug-likeness (QED) is 0.135. The molecule has 5 aromatic carbocycles. The summed E-state index contributed by atoms with van der Waals surface area (Å²) >= 11 is 0. The topological polar surface area (TPSA) is 96.0 Å². The lowest BCUT2D eigenvalue weighted by molar-refractivity contribution is 0.0443. The number of ether oxygens (including phenoxy) is 3. The first kappa shape index (κ1) is 28.9. The number of cyclic esters (lactones) is 2. The highest BCUT2D eigenvalue weighted by molar-refractivity contribution is 6.29. The molecule has 0 spiro atoms. The van der Waals surface area contributed by atoms with Gasteiger partial charge in [0.15, 0.2) is 11.6 Å². The highest BCUT2D eigenvalue weighted by Gasteiger charge is 2.40. The van der Waals surface area contributed by atoms with Crippen molar-refractivity contribution >= 4 is 23.5 Å². The summed E-state index contributed by atoms with van der Waals surface area (Å²) in [6, 6.07) is 32.7. The van der Waals surface area contributed by atoms with Gasteiger partial charge in [0.25, 0.3) is 0 Å². The van der Waals surface area contributed by atoms with E-state index in [1.54, 1.807) is 24.3 Å². The molecule has 0 bridgehead atoms. The van der Waals surface area contributed by atoms with Crippen LogP contribution in [0.2, 0.25) is 0 Å². The third kappa shape index (κ3) is 5.06. The molecular formula is C39H28O7. The molecule has 0 fully saturated rings. The van der Waals surface area contributed by atoms with Gasteiger partial charge >= 0.3 is 11.9 Å². The number of aryl methyl sites for hydroxylation is 1. The standard InChI is InChI=1S/C39H28O7/c1-22-5-4-6-23(19-22)34-35(40)30-17-15-28(20-32(30)36(34)41)44-26-11-7-24(8-12-26)39(2,3)25-9-13-27(14-10-25)45-29-16-18-31-33(21-29)38(43)46-37(31)42/h4-21,34H,1-3H3. The molecule has 0 aromatic heterocycles. The second-order valence-corrected chi connectivity index (χ2v) is 12.0. The molecule has 226 valence electrons. The Morgan fingerprint density at radius 1 is 0.543 bits per heavy atom. The largest absolute Gasteiger partial charge is 0.457 e. The average Bonchev–Trinajstić information content (AvgIpc) is 3.47. The lowest BCUT2D eigenvalue weighted by atomic mass is 9.78. The summed E-state index contributed by atoms with van der Waals surface area (Å²) in [5.74, 6) is -0.436. The molecular weight excluding hydrogens is 580 g/mol. The SMILES string of the molecule is Cc1cccc(C2C(=O)c3ccc(Oc4ccc(C(C)(C)c5ccc(Oc6ccc7c(c6)C(=O)OC7=O)cc5)cc4)cc3C2=O)c1. The van der Waals surface area contributed by atoms with E-state index < -0.39 is 17.9 Å². The van der Waals surface area contributed by atoms with Crippen LogP contribution in [-0.2, 0) is 10.2 Å². The molecule has 46 heavy (non-hydrogen) atoms. The van der Waals surface area contributed by atoms with E-state index in [2.05, 4.69) is 18.6 Å². The van der Waals surface area contributed by atoms with Crippen molar-refractivity contribution < 1.29 is 33.4 Å². The maximum absolute atomic E-state index is 13.3. The van der Waals surface area contributed by atoms with Crippen LogP contribution in [0.1, 0.15) is 83.5 Å². The number of benzene rings is 5. The molecule has 7 nitrogen and oxygen atoms in total. The van der Waals surface area contributed by atoms with Gasteiger partial charge in [0.1, 0.15) is 28.9 Å². The minimum atomic E-state index is -0.820. The van der Waals surface area contributed by atoms with Gasteiger partial charge in [0.05, 0.1) is 11.1 Å². The van der Waals surface area contributed by atoms with E-state index in [9.17, 15) is 19.2 Å². The van der Waals surface area contributed by atoms with Gasteiger partial charge in [-0.3, -0.25) is 9.59 Å². The van der Waals surface area contributed by atoms with Gasteiger partial charge in [-0.15, -0.1) is 0 Å². The number of ketones is 2. The summed E-state index contributed by atoms with van der Waals surface area (Å²) in [7, 11) is 0. The van der Waals surface area contributed by atoms with Crippen molar-refractivity contribution in [2.24, 2.45) is 0 Å². The number of carbonyl (C=O) groups is 4. The number of Topliss-reactive ketones (excluding diaryl/α,β-unsaturated/α-hetero) is 2. The zero-order valence-corrected chi connectivity index (χ0v) is 25.3. The third-order valence-electron chi connectivity index (χ3n) is 8.66. The van der Waals surface area contributed by atoms with Crippen molar-refractivity contribution in [3.63, 3.8) is 0 Å². The number of rotatable bonds is 7. The summed E-state index contributed by atoms with van der Waals surface area (Å²) in [6.07, 6.45) is 0. The van der Waals surface area contributed by atoms with Crippen molar-refractivity contribution in [1.29, 1.82) is 0 Å². The van der Waals surface area contributed by atoms with Crippen LogP contribution < -0.4 is 9.47 Å². The minimum Gasteiger partial charge on any atom is -0.457 e. The maximum atomic E-state index is 13.3. The monoisotopic (exact) mass is 608 g/mol. The first-order valence-corrected chi connectivity index (χ1v) is 14.8. The second kappa shape index (κ2) is 11.0. The van der Waals surface area contributed by atoms with E-state index in [0.717, 1.165) is 16.7 Å². The highest BCUT2D eigenvalue weighted by atomic mass is 16.6. The Hall–Kier alpha value is -5.82. The average molecular weight is 609 g/mol. The van der Waals surface area contributed by atoms with Crippen LogP contribution in [0.4, 0.5) is 0 Å². The maximum Gasteiger partial charge on any atom is 0.347 e. The Morgan fingerprint density at radius 2 is 1.04 bits per heavy atom. The molecule has 0 N–H and O–H groups in total. The number of fused-ring (bicyclic) bond motifs is 2. The molecule has 0 saturated carbocycles. The molecule has 1 atom stereocenters. The zero-order valence-electron chi connectivity index (χ0n) is 25.3. The van der Waals surface area contributed by atoms with Crippen molar-refractivity contribution in [3.8, 4) is 23.0 Å². The summed E-state index contributed by atoms with van der Waals surface area (Å²) in [4.78, 5) is 50.0. The number of carbonyl (C=O) groups excluding carboxylic acids is 4. The predicted octanol–water partition coefficient (Wildman–Crippen LogP) is 8.38. The molecule has 7 heteroatoms. The van der Waals surface area contributed by atoms with E-state index in [0.29, 0.717) is 39.7 Å². The van der Waals surface area contributed by atoms with Crippen LogP contribution in [0.3, 0.4) is 0 Å². The Kier molecular flexibility index (Phi) is 6.89. The normalized spacial score (nSPS) is 15.4. The Morgan fingerprint density at radius 3 is 1.63 bits per heavy atom. The van der Waals surface area contributed by atoms with Crippen LogP contribution in [0.25, 0.3) is 0 Å². The number of hydrogen-bond acceptors (Lipinski definition) is 7. The van der Waals surface area contributed by atoms with E-state index in [-0.39, 0.29) is 28.1 Å². The van der Waals surface area contributed by atoms with E-state index in [1.807, 2.05) is 79.7 Å². The van der Waals surface area contributed by atoms with Gasteiger partial charge in [-0.2, -0.15) is 0 Å². The highest BCUT2D eigenvalue weighted by Crippen LogP contribution is 2.38. The molecule has 0 radical (unpaired) electrons. The molecule has 2 aliphatic rings. The molecule has 7 rings (SSSR count). The van der Waals surface area contributed by atoms with Gasteiger partial charge in [-0.1, -0.05) is 67.9 Å². The molecule has 1 heterocycles. The summed E-state index contributed by atoms with van der Waals surface area (Å²) in [5, 5.41) is 0. The summed E-state index contributed by atoms with van der Waals surface area (Å²) in [6.45, 7) is 6.18. The molecule has 0 saturated heterocycles. The van der Waals surface area contributed by atoms with Gasteiger partial charge < -0.3 is 14.2 Å². The van der Waals surface area contributed by atoms with Crippen LogP contribution in [0.15, 0.2) is 109 Å². The minimum absolute atomic E-state index is 0.184. The molecule has 0 amide bonds. The zero-order chi connectivity index (χ0) is 32.2. The fourth-order valence-electron chi connectivity index (χ4n) is 6.03. The van der Waals surface area contributed by atoms with Crippen LogP contribution in [-0.4, -0.2) is 23.5 Å². The van der Waals surface area contributed by atoms with Gasteiger partial charge in [0.2, 0.25) is 0 Å². The lowest BCUT2D eigenvalue weighted by Crippen LogP contribution is -2.18. The van der Waals surface area contributed by atoms with E-state index in [1.165, 1.54) is 12.1 Å². The van der Waals surface area contributed by atoms with Crippen LogP contribution in [0, 0.1) is 6.92 Å². The van der Waals surface area contributed by atoms with Crippen molar-refractivity contribution in [2.45, 2.75) is 32.1 Å². The Labute approximate surface area is 265 Å². The van der Waals surface area contributed by atoms with Crippen LogP contribution >= 0.6 is 0 Å². The van der Waals surface area contributed by atoms with Gasteiger partial charge in [-0.25, -0.2) is 9.59 Å². The van der Waals surface area contributed by atoms with Crippen molar-refractivity contribution in [3.05, 3.63) is 154 Å². The first-order chi connectivity index (χ1) is 22.1. The Balaban J connectivity index is 1.04. The lowest BCUT2D eigenvalue weighted by Gasteiger charge is -2.26. The van der Waals surface area contributed by atoms with Gasteiger partial charge in [0, 0.05) is 16.5 Å². The summed E-state index contributed by atoms with van der Waals surface area (Å²) in [5.41, 5.74) is 4.71. The summed E-state index contributed by atoms with van der Waals surface area (Å²) < 4.78 is 16.7. The fourth-order valence-corrected chi connectivity index (χ4v) is 6.03. The fraction of sp³-hybridized carbons (Fsp3) is 0.128. The molecule has 5 aromatic rings. The number of esters is 2. The molecule has 1 aliphatic carbocycles. The predicted molar refractivity (Wildman–Crippen MR) is 170 cm³/mol. The van der Waals surface area contributed by atoms with E-state index in [4.69, 9.17) is 9.47 Å². The molecule has 1 aliphatic heterocycles. The number of hydrogen-bond donors (Lipinski definition) is 0. The van der Waals surface area contributed by atoms with E-state index >= 15 is 0 Å². The van der Waals surface area contributed by atoms with Crippen LogP contribution in [0.5, 0.6) is 23.0 Å². The first-order valence-electron chi connectivity index (χ1n) is 14.8. The third-order valence-corrected chi connectivity index (χ3v) is 8.66. The smallest absolute Gasteiger partial charge is 0.347 e. The Bertz CT molecular complexity index is 2070. The van der Waals surface area contributed by atoms with Crippen molar-refractivity contribution in [2.75, 3.05) is 0 Å². The van der Waals surface area contributed by atoms with Crippen molar-refractivity contribution in [1.82, 2.24) is 0 Å².